The van der Waals surface area contributed by atoms with Gasteiger partial charge in [-0.3, -0.25) is 0 Å². The Balaban J connectivity index is 1.50. The van der Waals surface area contributed by atoms with Crippen LogP contribution >= 0.6 is 0 Å². The number of nitrogens with one attached hydrogen (secondary N) is 1. The number of piperazine rings is 1. The van der Waals surface area contributed by atoms with E-state index in [2.05, 4.69) is 53.5 Å². The minimum atomic E-state index is 0.938. The summed E-state index contributed by atoms with van der Waals surface area (Å²) in [5.74, 6) is 0.938. The topological polar surface area (TPSA) is 16.9 Å². The lowest BCUT2D eigenvalue weighted by atomic mass is 10.2. The second-order valence-corrected chi connectivity index (χ2v) is 5.92. The van der Waals surface area contributed by atoms with Crippen LogP contribution in [0.5, 0.6) is 5.75 Å². The summed E-state index contributed by atoms with van der Waals surface area (Å²) in [4.78, 5) is 4.12. The molecule has 3 nitrogen and oxygen atoms in total. The summed E-state index contributed by atoms with van der Waals surface area (Å²) in [5, 5.41) is 0. The van der Waals surface area contributed by atoms with Gasteiger partial charge in [0.1, 0.15) is 5.75 Å². The van der Waals surface area contributed by atoms with Crippen LogP contribution in [0.2, 0.25) is 0 Å². The van der Waals surface area contributed by atoms with E-state index >= 15 is 0 Å². The van der Waals surface area contributed by atoms with Crippen LogP contribution in [0, 0.1) is 0 Å². The van der Waals surface area contributed by atoms with Crippen molar-refractivity contribution in [3.63, 3.8) is 0 Å². The van der Waals surface area contributed by atoms with Crippen LogP contribution in [0.3, 0.4) is 0 Å². The van der Waals surface area contributed by atoms with Crippen LogP contribution in [0.25, 0.3) is 6.08 Å². The molecule has 0 unspecified atom stereocenters. The van der Waals surface area contributed by atoms with Crippen molar-refractivity contribution in [2.24, 2.45) is 0 Å². The van der Waals surface area contributed by atoms with Gasteiger partial charge in [0.05, 0.1) is 39.8 Å². The van der Waals surface area contributed by atoms with E-state index in [1.54, 1.807) is 12.0 Å². The van der Waals surface area contributed by atoms with Gasteiger partial charge in [0.15, 0.2) is 0 Å². The minimum Gasteiger partial charge on any atom is -0.496 e. The first-order valence-corrected chi connectivity index (χ1v) is 8.30. The lowest BCUT2D eigenvalue weighted by molar-refractivity contribution is -0.894. The van der Waals surface area contributed by atoms with Gasteiger partial charge in [0.2, 0.25) is 0 Å². The lowest BCUT2D eigenvalue weighted by Gasteiger charge is -2.33. The Hall–Kier alpha value is -2.26. The molecule has 2 aromatic rings. The summed E-state index contributed by atoms with van der Waals surface area (Å²) in [6.07, 6.45) is 4.45. The molecule has 1 N–H and O–H groups in total. The number of para-hydroxylation sites is 2. The van der Waals surface area contributed by atoms with Crippen LogP contribution in [-0.4, -0.2) is 39.8 Å². The van der Waals surface area contributed by atoms with E-state index in [9.17, 15) is 0 Å². The summed E-state index contributed by atoms with van der Waals surface area (Å²) < 4.78 is 5.39. The lowest BCUT2D eigenvalue weighted by Crippen LogP contribution is -3.14. The quantitative estimate of drug-likeness (QED) is 0.911. The van der Waals surface area contributed by atoms with Crippen molar-refractivity contribution in [2.75, 3.05) is 44.7 Å². The number of rotatable bonds is 5. The molecule has 1 aliphatic heterocycles. The number of quaternary nitrogens is 1. The Morgan fingerprint density at radius 1 is 1.00 bits per heavy atom. The van der Waals surface area contributed by atoms with E-state index in [0.717, 1.165) is 30.9 Å². The SMILES string of the molecule is COc1ccccc1/C=C/C[NH+]1CCN(c2ccccc2)CC1. The second kappa shape index (κ2) is 7.84. The summed E-state index contributed by atoms with van der Waals surface area (Å²) in [6, 6.07) is 18.9. The zero-order valence-corrected chi connectivity index (χ0v) is 13.7. The zero-order chi connectivity index (χ0) is 15.9. The standard InChI is InChI=1S/C20H24N2O/c1-23-20-12-6-5-8-18(20)9-7-13-21-14-16-22(17-15-21)19-10-3-2-4-11-19/h2-12H,13-17H2,1H3/p+1/b9-7+. The summed E-state index contributed by atoms with van der Waals surface area (Å²) in [5.41, 5.74) is 2.49. The first kappa shape index (κ1) is 15.6. The first-order valence-electron chi connectivity index (χ1n) is 8.30. The summed E-state index contributed by atoms with van der Waals surface area (Å²) in [6.45, 7) is 5.70. The Morgan fingerprint density at radius 2 is 1.70 bits per heavy atom. The fourth-order valence-corrected chi connectivity index (χ4v) is 3.08. The van der Waals surface area contributed by atoms with Gasteiger partial charge < -0.3 is 14.5 Å². The molecule has 0 spiro atoms. The molecule has 0 aromatic heterocycles. The molecule has 120 valence electrons. The third-order valence-corrected chi connectivity index (χ3v) is 4.43. The highest BCUT2D eigenvalue weighted by atomic mass is 16.5. The second-order valence-electron chi connectivity index (χ2n) is 5.92. The molecular formula is C20H25N2O+. The highest BCUT2D eigenvalue weighted by Crippen LogP contribution is 2.18. The molecule has 1 heterocycles. The smallest absolute Gasteiger partial charge is 0.126 e. The van der Waals surface area contributed by atoms with Crippen molar-refractivity contribution >= 4 is 11.8 Å². The van der Waals surface area contributed by atoms with Gasteiger partial charge in [0.25, 0.3) is 0 Å². The van der Waals surface area contributed by atoms with Gasteiger partial charge in [-0.15, -0.1) is 0 Å². The molecule has 0 saturated carbocycles. The van der Waals surface area contributed by atoms with Crippen molar-refractivity contribution in [2.45, 2.75) is 0 Å². The molecule has 3 heteroatoms. The molecule has 3 rings (SSSR count). The number of hydrogen-bond donors (Lipinski definition) is 1. The molecule has 1 fully saturated rings. The van der Waals surface area contributed by atoms with Crippen LogP contribution in [-0.2, 0) is 0 Å². The van der Waals surface area contributed by atoms with Crippen LogP contribution < -0.4 is 14.5 Å². The Morgan fingerprint density at radius 3 is 2.43 bits per heavy atom. The molecule has 1 aliphatic rings. The molecule has 0 bridgehead atoms. The van der Waals surface area contributed by atoms with Gasteiger partial charge in [-0.05, 0) is 30.4 Å². The number of ether oxygens (including phenoxy) is 1. The predicted octanol–water partition coefficient (Wildman–Crippen LogP) is 2.11. The Labute approximate surface area is 138 Å². The summed E-state index contributed by atoms with van der Waals surface area (Å²) in [7, 11) is 1.72. The normalized spacial score (nSPS) is 16.0. The van der Waals surface area contributed by atoms with E-state index in [1.165, 1.54) is 18.8 Å². The highest BCUT2D eigenvalue weighted by Gasteiger charge is 2.18. The van der Waals surface area contributed by atoms with Crippen molar-refractivity contribution in [1.29, 1.82) is 0 Å². The maximum Gasteiger partial charge on any atom is 0.126 e. The average molecular weight is 309 g/mol. The molecular weight excluding hydrogens is 284 g/mol. The minimum absolute atomic E-state index is 0.938. The number of anilines is 1. The molecule has 0 aliphatic carbocycles. The molecule has 0 atom stereocenters. The Bertz CT molecular complexity index is 631. The van der Waals surface area contributed by atoms with E-state index in [4.69, 9.17) is 4.74 Å². The van der Waals surface area contributed by atoms with Gasteiger partial charge in [-0.2, -0.15) is 0 Å². The van der Waals surface area contributed by atoms with Crippen molar-refractivity contribution in [1.82, 2.24) is 0 Å². The zero-order valence-electron chi connectivity index (χ0n) is 13.7. The fraction of sp³-hybridized carbons (Fsp3) is 0.300. The van der Waals surface area contributed by atoms with Gasteiger partial charge in [0, 0.05) is 11.3 Å². The first-order chi connectivity index (χ1) is 11.4. The molecule has 23 heavy (non-hydrogen) atoms. The maximum atomic E-state index is 5.39. The largest absolute Gasteiger partial charge is 0.496 e. The molecule has 0 radical (unpaired) electrons. The number of hydrogen-bond acceptors (Lipinski definition) is 2. The molecule has 1 saturated heterocycles. The van der Waals surface area contributed by atoms with Crippen LogP contribution in [0.4, 0.5) is 5.69 Å². The third kappa shape index (κ3) is 4.14. The third-order valence-electron chi connectivity index (χ3n) is 4.43. The van der Waals surface area contributed by atoms with Crippen LogP contribution in [0.1, 0.15) is 5.56 Å². The highest BCUT2D eigenvalue weighted by molar-refractivity contribution is 5.57. The van der Waals surface area contributed by atoms with E-state index in [-0.39, 0.29) is 0 Å². The number of benzene rings is 2. The average Bonchev–Trinajstić information content (AvgIpc) is 2.63. The number of methoxy groups -OCH3 is 1. The van der Waals surface area contributed by atoms with E-state index in [0.29, 0.717) is 0 Å². The predicted molar refractivity (Wildman–Crippen MR) is 96.2 cm³/mol. The fourth-order valence-electron chi connectivity index (χ4n) is 3.08. The van der Waals surface area contributed by atoms with Gasteiger partial charge in [-0.25, -0.2) is 0 Å². The van der Waals surface area contributed by atoms with Crippen molar-refractivity contribution in [3.05, 3.63) is 66.2 Å². The van der Waals surface area contributed by atoms with E-state index in [1.807, 2.05) is 18.2 Å². The Kier molecular flexibility index (Phi) is 5.33. The van der Waals surface area contributed by atoms with Crippen LogP contribution in [0.15, 0.2) is 60.7 Å². The number of nitrogens with zero attached hydrogens (tertiary/aromatic N) is 1. The monoisotopic (exact) mass is 309 g/mol. The van der Waals surface area contributed by atoms with Crippen molar-refractivity contribution in [3.8, 4) is 5.75 Å². The molecule has 0 amide bonds. The summed E-state index contributed by atoms with van der Waals surface area (Å²) >= 11 is 0. The maximum absolute atomic E-state index is 5.39. The van der Waals surface area contributed by atoms with Gasteiger partial charge in [-0.1, -0.05) is 36.4 Å². The van der Waals surface area contributed by atoms with Crippen molar-refractivity contribution < 1.29 is 9.64 Å². The van der Waals surface area contributed by atoms with Gasteiger partial charge >= 0.3 is 0 Å². The van der Waals surface area contributed by atoms with E-state index < -0.39 is 0 Å². The molecule has 2 aromatic carbocycles.